The summed E-state index contributed by atoms with van der Waals surface area (Å²) in [6.45, 7) is 1.44. The lowest BCUT2D eigenvalue weighted by Crippen LogP contribution is -2.27. The van der Waals surface area contributed by atoms with Gasteiger partial charge in [0.2, 0.25) is 11.8 Å². The number of nitriles is 1. The molecule has 6 nitrogen and oxygen atoms in total. The van der Waals surface area contributed by atoms with Gasteiger partial charge in [-0.05, 0) is 65.1 Å². The lowest BCUT2D eigenvalue weighted by Gasteiger charge is -2.16. The minimum Gasteiger partial charge on any atom is -0.338 e. The fourth-order valence-corrected chi connectivity index (χ4v) is 4.79. The van der Waals surface area contributed by atoms with Gasteiger partial charge in [0.15, 0.2) is 0 Å². The molecule has 0 saturated carbocycles. The van der Waals surface area contributed by atoms with E-state index in [-0.39, 0.29) is 11.8 Å². The van der Waals surface area contributed by atoms with Crippen LogP contribution in [0, 0.1) is 23.2 Å². The number of aromatic nitrogens is 1. The first-order valence-corrected chi connectivity index (χ1v) is 10.6. The number of hydrogen-bond donors (Lipinski definition) is 1. The zero-order valence-corrected chi connectivity index (χ0v) is 17.0. The molecule has 0 spiro atoms. The molecule has 1 aromatic carbocycles. The van der Waals surface area contributed by atoms with Crippen molar-refractivity contribution in [3.8, 4) is 6.07 Å². The SMILES string of the molecule is N#Cc1ccccc1C1=CC2CN(C(=O)C=Cc3cnc4c(c3)CCC(=O)N4)CC2C1. The first-order chi connectivity index (χ1) is 15.1. The monoisotopic (exact) mass is 410 g/mol. The number of pyridine rings is 1. The van der Waals surface area contributed by atoms with Crippen LogP contribution in [-0.2, 0) is 16.0 Å². The maximum Gasteiger partial charge on any atom is 0.246 e. The lowest BCUT2D eigenvalue weighted by molar-refractivity contribution is -0.125. The lowest BCUT2D eigenvalue weighted by atomic mass is 9.96. The molecule has 2 aliphatic heterocycles. The van der Waals surface area contributed by atoms with E-state index in [1.165, 1.54) is 5.57 Å². The second kappa shape index (κ2) is 7.84. The third-order valence-electron chi connectivity index (χ3n) is 6.38. The summed E-state index contributed by atoms with van der Waals surface area (Å²) in [5.41, 5.74) is 4.82. The normalized spacial score (nSPS) is 22.0. The van der Waals surface area contributed by atoms with Crippen LogP contribution in [0.5, 0.6) is 0 Å². The zero-order chi connectivity index (χ0) is 21.4. The fourth-order valence-electron chi connectivity index (χ4n) is 4.79. The van der Waals surface area contributed by atoms with Gasteiger partial charge in [0.1, 0.15) is 5.82 Å². The third-order valence-corrected chi connectivity index (χ3v) is 6.38. The molecule has 2 amide bonds. The molecule has 1 aromatic heterocycles. The van der Waals surface area contributed by atoms with Crippen LogP contribution in [0.1, 0.15) is 35.1 Å². The van der Waals surface area contributed by atoms with Gasteiger partial charge < -0.3 is 10.2 Å². The molecular weight excluding hydrogens is 388 g/mol. The van der Waals surface area contributed by atoms with E-state index in [4.69, 9.17) is 0 Å². The van der Waals surface area contributed by atoms with E-state index < -0.39 is 0 Å². The number of allylic oxidation sites excluding steroid dienone is 1. The summed E-state index contributed by atoms with van der Waals surface area (Å²) in [6, 6.07) is 12.0. The summed E-state index contributed by atoms with van der Waals surface area (Å²) >= 11 is 0. The molecule has 6 heteroatoms. The second-order valence-corrected chi connectivity index (χ2v) is 8.38. The van der Waals surface area contributed by atoms with Crippen molar-refractivity contribution < 1.29 is 9.59 Å². The maximum absolute atomic E-state index is 12.7. The van der Waals surface area contributed by atoms with Gasteiger partial charge in [0.05, 0.1) is 11.6 Å². The Labute approximate surface area is 180 Å². The van der Waals surface area contributed by atoms with Gasteiger partial charge >= 0.3 is 0 Å². The maximum atomic E-state index is 12.7. The number of hydrogen-bond acceptors (Lipinski definition) is 4. The van der Waals surface area contributed by atoms with Crippen molar-refractivity contribution in [2.75, 3.05) is 18.4 Å². The summed E-state index contributed by atoms with van der Waals surface area (Å²) in [7, 11) is 0. The molecule has 2 aromatic rings. The number of aryl methyl sites for hydroxylation is 1. The smallest absolute Gasteiger partial charge is 0.246 e. The number of nitrogens with zero attached hydrogens (tertiary/aromatic N) is 3. The molecule has 2 atom stereocenters. The molecule has 1 saturated heterocycles. The number of carbonyl (C=O) groups is 2. The van der Waals surface area contributed by atoms with Gasteiger partial charge in [-0.15, -0.1) is 0 Å². The standard InChI is InChI=1S/C25H22N4O2/c26-12-18-3-1-2-4-22(18)19-10-20-14-29(15-21(20)11-19)24(31)8-5-16-9-17-6-7-23(30)28-25(17)27-13-16/h1-5,8-10,13,20-21H,6-7,11,14-15H2,(H,27,28,30). The van der Waals surface area contributed by atoms with Gasteiger partial charge in [-0.3, -0.25) is 9.59 Å². The van der Waals surface area contributed by atoms with Crippen LogP contribution in [0.15, 0.2) is 48.7 Å². The Bertz CT molecular complexity index is 1170. The molecule has 154 valence electrons. The van der Waals surface area contributed by atoms with Crippen molar-refractivity contribution in [2.24, 2.45) is 11.8 Å². The average molecular weight is 410 g/mol. The van der Waals surface area contributed by atoms with Crippen LogP contribution < -0.4 is 5.32 Å². The van der Waals surface area contributed by atoms with Crippen LogP contribution in [0.3, 0.4) is 0 Å². The van der Waals surface area contributed by atoms with E-state index >= 15 is 0 Å². The molecule has 3 aliphatic rings. The van der Waals surface area contributed by atoms with Gasteiger partial charge in [0.25, 0.3) is 0 Å². The Hall–Kier alpha value is -3.72. The predicted octanol–water partition coefficient (Wildman–Crippen LogP) is 3.41. The van der Waals surface area contributed by atoms with E-state index in [9.17, 15) is 14.9 Å². The molecule has 3 heterocycles. The second-order valence-electron chi connectivity index (χ2n) is 8.38. The Morgan fingerprint density at radius 3 is 2.97 bits per heavy atom. The highest BCUT2D eigenvalue weighted by Crippen LogP contribution is 2.41. The van der Waals surface area contributed by atoms with Gasteiger partial charge in [-0.25, -0.2) is 4.98 Å². The van der Waals surface area contributed by atoms with Gasteiger partial charge in [-0.2, -0.15) is 5.26 Å². The highest BCUT2D eigenvalue weighted by Gasteiger charge is 2.38. The average Bonchev–Trinajstić information content (AvgIpc) is 3.37. The first kappa shape index (κ1) is 19.3. The molecule has 0 bridgehead atoms. The fraction of sp³-hybridized carbons (Fsp3) is 0.280. The van der Waals surface area contributed by atoms with Crippen molar-refractivity contribution in [1.29, 1.82) is 5.26 Å². The van der Waals surface area contributed by atoms with Crippen molar-refractivity contribution in [3.63, 3.8) is 0 Å². The number of nitrogens with one attached hydrogen (secondary N) is 1. The van der Waals surface area contributed by atoms with Crippen LogP contribution >= 0.6 is 0 Å². The first-order valence-electron chi connectivity index (χ1n) is 10.6. The van der Waals surface area contributed by atoms with Crippen LogP contribution in [-0.4, -0.2) is 34.8 Å². The molecule has 1 fully saturated rings. The third kappa shape index (κ3) is 3.75. The number of rotatable bonds is 3. The zero-order valence-electron chi connectivity index (χ0n) is 17.0. The highest BCUT2D eigenvalue weighted by molar-refractivity contribution is 5.94. The van der Waals surface area contributed by atoms with Crippen molar-refractivity contribution >= 4 is 29.3 Å². The van der Waals surface area contributed by atoms with Gasteiger partial charge in [0, 0.05) is 31.8 Å². The van der Waals surface area contributed by atoms with Crippen molar-refractivity contribution in [2.45, 2.75) is 19.3 Å². The summed E-state index contributed by atoms with van der Waals surface area (Å²) in [4.78, 5) is 30.4. The van der Waals surface area contributed by atoms with Crippen LogP contribution in [0.2, 0.25) is 0 Å². The number of carbonyl (C=O) groups excluding carboxylic acids is 2. The number of anilines is 1. The Morgan fingerprint density at radius 1 is 1.26 bits per heavy atom. The Balaban J connectivity index is 1.24. The van der Waals surface area contributed by atoms with Crippen molar-refractivity contribution in [1.82, 2.24) is 9.88 Å². The Morgan fingerprint density at radius 2 is 2.13 bits per heavy atom. The van der Waals surface area contributed by atoms with Crippen LogP contribution in [0.25, 0.3) is 11.6 Å². The number of likely N-dealkylation sites (tertiary alicyclic amines) is 1. The highest BCUT2D eigenvalue weighted by atomic mass is 16.2. The molecule has 31 heavy (non-hydrogen) atoms. The van der Waals surface area contributed by atoms with Crippen molar-refractivity contribution in [3.05, 3.63) is 70.9 Å². The van der Waals surface area contributed by atoms with E-state index in [0.717, 1.165) is 29.7 Å². The van der Waals surface area contributed by atoms with Gasteiger partial charge in [-0.1, -0.05) is 24.3 Å². The topological polar surface area (TPSA) is 86.1 Å². The largest absolute Gasteiger partial charge is 0.338 e. The minimum absolute atomic E-state index is 0.00722. The molecule has 5 rings (SSSR count). The predicted molar refractivity (Wildman–Crippen MR) is 118 cm³/mol. The molecule has 2 unspecified atom stereocenters. The number of amides is 2. The summed E-state index contributed by atoms with van der Waals surface area (Å²) in [5.74, 6) is 1.37. The quantitative estimate of drug-likeness (QED) is 0.786. The van der Waals surface area contributed by atoms with E-state index in [1.54, 1.807) is 18.3 Å². The van der Waals surface area contributed by atoms with Crippen LogP contribution in [0.4, 0.5) is 5.82 Å². The molecular formula is C25H22N4O2. The number of fused-ring (bicyclic) bond motifs is 2. The molecule has 1 N–H and O–H groups in total. The molecule has 1 aliphatic carbocycles. The summed E-state index contributed by atoms with van der Waals surface area (Å²) < 4.78 is 0. The summed E-state index contributed by atoms with van der Waals surface area (Å²) in [6.07, 6.45) is 9.37. The van der Waals surface area contributed by atoms with E-state index in [0.29, 0.717) is 42.6 Å². The van der Waals surface area contributed by atoms with E-state index in [1.807, 2.05) is 35.2 Å². The summed E-state index contributed by atoms with van der Waals surface area (Å²) in [5, 5.41) is 12.1. The van der Waals surface area contributed by atoms with E-state index in [2.05, 4.69) is 22.4 Å². The Kier molecular flexibility index (Phi) is 4.87. The number of benzene rings is 1. The minimum atomic E-state index is -0.00799. The molecule has 0 radical (unpaired) electrons.